The molecular weight excluding hydrogens is 286 g/mol. The first-order valence-corrected chi connectivity index (χ1v) is 9.05. The van der Waals surface area contributed by atoms with Crippen molar-refractivity contribution < 1.29 is 8.42 Å². The first kappa shape index (κ1) is 16.4. The average molecular weight is 311 g/mol. The van der Waals surface area contributed by atoms with Crippen molar-refractivity contribution >= 4 is 10.0 Å². The number of hydrogen-bond acceptors (Lipinski definition) is 4. The van der Waals surface area contributed by atoms with Crippen LogP contribution in [-0.4, -0.2) is 39.5 Å². The van der Waals surface area contributed by atoms with Crippen LogP contribution in [0.3, 0.4) is 0 Å². The molecule has 1 fully saturated rings. The number of hydrogen-bond donors (Lipinski definition) is 2. The Morgan fingerprint density at radius 3 is 2.67 bits per heavy atom. The lowest BCUT2D eigenvalue weighted by atomic mass is 10.1. The third-order valence-electron chi connectivity index (χ3n) is 3.86. The van der Waals surface area contributed by atoms with Crippen molar-refractivity contribution in [2.45, 2.75) is 37.1 Å². The summed E-state index contributed by atoms with van der Waals surface area (Å²) in [4.78, 5) is 2.60. The number of nitrogens with zero attached hydrogens (tertiary/aromatic N) is 1. The van der Waals surface area contributed by atoms with Gasteiger partial charge in [-0.25, -0.2) is 13.1 Å². The van der Waals surface area contributed by atoms with Gasteiger partial charge in [0.25, 0.3) is 0 Å². The minimum Gasteiger partial charge on any atom is -0.324 e. The van der Waals surface area contributed by atoms with E-state index in [4.69, 9.17) is 5.73 Å². The van der Waals surface area contributed by atoms with Gasteiger partial charge in [0, 0.05) is 19.1 Å². The fourth-order valence-electron chi connectivity index (χ4n) is 2.57. The van der Waals surface area contributed by atoms with Gasteiger partial charge in [-0.3, -0.25) is 0 Å². The number of benzene rings is 1. The first-order valence-electron chi connectivity index (χ1n) is 7.56. The average Bonchev–Trinajstić information content (AvgIpc) is 2.48. The monoisotopic (exact) mass is 311 g/mol. The van der Waals surface area contributed by atoms with Gasteiger partial charge < -0.3 is 10.6 Å². The minimum atomic E-state index is -3.45. The molecule has 5 nitrogen and oxygen atoms in total. The van der Waals surface area contributed by atoms with E-state index in [1.54, 1.807) is 18.2 Å². The summed E-state index contributed by atoms with van der Waals surface area (Å²) in [7, 11) is -3.45. The number of piperidine rings is 1. The second-order valence-electron chi connectivity index (χ2n) is 5.66. The van der Waals surface area contributed by atoms with Crippen LogP contribution in [0.15, 0.2) is 29.2 Å². The predicted molar refractivity (Wildman–Crippen MR) is 84.5 cm³/mol. The van der Waals surface area contributed by atoms with Gasteiger partial charge in [0.15, 0.2) is 0 Å². The molecule has 1 aromatic rings. The summed E-state index contributed by atoms with van der Waals surface area (Å²) in [5, 5.41) is 0. The van der Waals surface area contributed by atoms with E-state index < -0.39 is 10.0 Å². The van der Waals surface area contributed by atoms with E-state index in [0.29, 0.717) is 6.54 Å². The molecule has 1 aliphatic rings. The van der Waals surface area contributed by atoms with Gasteiger partial charge in [-0.1, -0.05) is 18.6 Å². The topological polar surface area (TPSA) is 75.4 Å². The molecule has 0 spiro atoms. The van der Waals surface area contributed by atoms with E-state index >= 15 is 0 Å². The van der Waals surface area contributed by atoms with Crippen LogP contribution >= 0.6 is 0 Å². The summed E-state index contributed by atoms with van der Waals surface area (Å²) in [6.45, 7) is 5.20. The lowest BCUT2D eigenvalue weighted by Gasteiger charge is -2.26. The first-order chi connectivity index (χ1) is 9.99. The Balaban J connectivity index is 1.93. The molecule has 0 bridgehead atoms. The zero-order valence-electron chi connectivity index (χ0n) is 12.6. The number of nitrogens with one attached hydrogen (secondary N) is 1. The maximum atomic E-state index is 12.3. The van der Waals surface area contributed by atoms with Crippen LogP contribution in [0.5, 0.6) is 0 Å². The Bertz CT molecular complexity index is 552. The van der Waals surface area contributed by atoms with Crippen LogP contribution < -0.4 is 10.5 Å². The molecule has 0 saturated carbocycles. The highest BCUT2D eigenvalue weighted by Crippen LogP contribution is 2.15. The molecule has 118 valence electrons. The lowest BCUT2D eigenvalue weighted by molar-refractivity contribution is 0.233. The Hall–Kier alpha value is -0.950. The maximum absolute atomic E-state index is 12.3. The van der Waals surface area contributed by atoms with Crippen LogP contribution in [0.25, 0.3) is 0 Å². The van der Waals surface area contributed by atoms with E-state index in [9.17, 15) is 8.42 Å². The Kier molecular flexibility index (Phi) is 5.75. The van der Waals surface area contributed by atoms with Gasteiger partial charge in [0.05, 0.1) is 4.90 Å². The molecule has 3 N–H and O–H groups in total. The molecule has 0 aromatic heterocycles. The number of likely N-dealkylation sites (tertiary alicyclic amines) is 1. The van der Waals surface area contributed by atoms with Gasteiger partial charge in [-0.2, -0.15) is 0 Å². The molecule has 1 aromatic carbocycles. The van der Waals surface area contributed by atoms with Crippen LogP contribution in [0.4, 0.5) is 0 Å². The van der Waals surface area contributed by atoms with Gasteiger partial charge >= 0.3 is 0 Å². The molecule has 0 amide bonds. The summed E-state index contributed by atoms with van der Waals surface area (Å²) in [5.74, 6) is 0. The Morgan fingerprint density at radius 1 is 1.29 bits per heavy atom. The van der Waals surface area contributed by atoms with Crippen LogP contribution in [0, 0.1) is 0 Å². The molecule has 0 radical (unpaired) electrons. The molecule has 6 heteroatoms. The van der Waals surface area contributed by atoms with Crippen molar-refractivity contribution in [1.29, 1.82) is 0 Å². The highest BCUT2D eigenvalue weighted by Gasteiger charge is 2.16. The quantitative estimate of drug-likeness (QED) is 0.834. The van der Waals surface area contributed by atoms with E-state index in [-0.39, 0.29) is 10.9 Å². The second-order valence-corrected chi connectivity index (χ2v) is 7.43. The third-order valence-corrected chi connectivity index (χ3v) is 5.32. The minimum absolute atomic E-state index is 0.173. The highest BCUT2D eigenvalue weighted by molar-refractivity contribution is 7.89. The van der Waals surface area contributed by atoms with Crippen LogP contribution in [-0.2, 0) is 10.0 Å². The zero-order valence-corrected chi connectivity index (χ0v) is 13.4. The molecule has 1 saturated heterocycles. The van der Waals surface area contributed by atoms with Crippen molar-refractivity contribution in [1.82, 2.24) is 9.62 Å². The molecule has 1 atom stereocenters. The van der Waals surface area contributed by atoms with Crippen molar-refractivity contribution in [3.05, 3.63) is 29.8 Å². The van der Waals surface area contributed by atoms with Crippen molar-refractivity contribution in [2.24, 2.45) is 5.73 Å². The maximum Gasteiger partial charge on any atom is 0.240 e. The molecule has 21 heavy (non-hydrogen) atoms. The zero-order chi connectivity index (χ0) is 15.3. The summed E-state index contributed by atoms with van der Waals surface area (Å²) >= 11 is 0. The van der Waals surface area contributed by atoms with Crippen LogP contribution in [0.1, 0.15) is 37.8 Å². The van der Waals surface area contributed by atoms with Gasteiger partial charge in [-0.15, -0.1) is 0 Å². The Labute approximate surface area is 127 Å². The summed E-state index contributed by atoms with van der Waals surface area (Å²) in [6.07, 6.45) is 3.71. The molecule has 2 rings (SSSR count). The number of rotatable bonds is 6. The van der Waals surface area contributed by atoms with Crippen LogP contribution in [0.2, 0.25) is 0 Å². The highest BCUT2D eigenvalue weighted by atomic mass is 32.2. The SMILES string of the molecule is CC(N)c1cccc(S(=O)(=O)NCCN2CCCCC2)c1. The molecular formula is C15H25N3O2S. The molecule has 1 aliphatic heterocycles. The Morgan fingerprint density at radius 2 is 2.00 bits per heavy atom. The summed E-state index contributed by atoms with van der Waals surface area (Å²) < 4.78 is 27.2. The second kappa shape index (κ2) is 7.35. The number of sulfonamides is 1. The fraction of sp³-hybridized carbons (Fsp3) is 0.600. The fourth-order valence-corrected chi connectivity index (χ4v) is 3.65. The van der Waals surface area contributed by atoms with Crippen molar-refractivity contribution in [2.75, 3.05) is 26.2 Å². The lowest BCUT2D eigenvalue weighted by Crippen LogP contribution is -2.37. The predicted octanol–water partition coefficient (Wildman–Crippen LogP) is 1.47. The van der Waals surface area contributed by atoms with E-state index in [1.165, 1.54) is 19.3 Å². The standard InChI is InChI=1S/C15H25N3O2S/c1-13(16)14-6-5-7-15(12-14)21(19,20)17-8-11-18-9-3-2-4-10-18/h5-7,12-13,17H,2-4,8-11,16H2,1H3. The van der Waals surface area contributed by atoms with Gasteiger partial charge in [0.1, 0.15) is 0 Å². The van der Waals surface area contributed by atoms with E-state index in [0.717, 1.165) is 25.2 Å². The van der Waals surface area contributed by atoms with Gasteiger partial charge in [-0.05, 0) is 50.6 Å². The molecule has 1 heterocycles. The largest absolute Gasteiger partial charge is 0.324 e. The summed E-state index contributed by atoms with van der Waals surface area (Å²) in [5.41, 5.74) is 6.63. The van der Waals surface area contributed by atoms with Crippen molar-refractivity contribution in [3.8, 4) is 0 Å². The molecule has 0 aliphatic carbocycles. The normalized spacial score (nSPS) is 18.6. The molecule has 1 unspecified atom stereocenters. The van der Waals surface area contributed by atoms with E-state index in [2.05, 4.69) is 9.62 Å². The van der Waals surface area contributed by atoms with E-state index in [1.807, 2.05) is 13.0 Å². The summed E-state index contributed by atoms with van der Waals surface area (Å²) in [6, 6.07) is 6.66. The third kappa shape index (κ3) is 4.78. The van der Waals surface area contributed by atoms with Crippen molar-refractivity contribution in [3.63, 3.8) is 0 Å². The smallest absolute Gasteiger partial charge is 0.240 e. The van der Waals surface area contributed by atoms with Gasteiger partial charge in [0.2, 0.25) is 10.0 Å². The number of nitrogens with two attached hydrogens (primary N) is 1.